The summed E-state index contributed by atoms with van der Waals surface area (Å²) in [5.74, 6) is 0.507. The molecule has 1 nitrogen and oxygen atoms in total. The van der Waals surface area contributed by atoms with Crippen molar-refractivity contribution in [2.75, 3.05) is 0 Å². The third-order valence-corrected chi connectivity index (χ3v) is 4.13. The minimum Gasteiger partial charge on any atom is -0.310 e. The first-order valence-corrected chi connectivity index (χ1v) is 7.21. The van der Waals surface area contributed by atoms with Crippen molar-refractivity contribution in [3.8, 4) is 0 Å². The van der Waals surface area contributed by atoms with Gasteiger partial charge in [-0.25, -0.2) is 4.39 Å². The molecule has 1 fully saturated rings. The van der Waals surface area contributed by atoms with Gasteiger partial charge in [-0.05, 0) is 49.4 Å². The molecule has 18 heavy (non-hydrogen) atoms. The van der Waals surface area contributed by atoms with E-state index in [2.05, 4.69) is 12.2 Å². The summed E-state index contributed by atoms with van der Waals surface area (Å²) in [6.45, 7) is 2.92. The van der Waals surface area contributed by atoms with Crippen molar-refractivity contribution in [2.24, 2.45) is 5.92 Å². The number of hydrogen-bond donors (Lipinski definition) is 1. The second-order valence-corrected chi connectivity index (χ2v) is 5.78. The summed E-state index contributed by atoms with van der Waals surface area (Å²) in [5.41, 5.74) is 0.919. The van der Waals surface area contributed by atoms with Gasteiger partial charge in [0.2, 0.25) is 0 Å². The Balaban J connectivity index is 1.86. The Hall–Kier alpha value is -0.600. The van der Waals surface area contributed by atoms with E-state index in [4.69, 9.17) is 11.6 Å². The molecule has 1 aliphatic rings. The minimum atomic E-state index is -0.260. The molecule has 0 spiro atoms. The highest BCUT2D eigenvalue weighted by Crippen LogP contribution is 2.26. The van der Waals surface area contributed by atoms with E-state index < -0.39 is 0 Å². The molecule has 1 atom stereocenters. The van der Waals surface area contributed by atoms with E-state index >= 15 is 0 Å². The molecule has 1 aliphatic carbocycles. The Morgan fingerprint density at radius 1 is 1.28 bits per heavy atom. The lowest BCUT2D eigenvalue weighted by Crippen LogP contribution is -2.34. The fourth-order valence-corrected chi connectivity index (χ4v) is 3.04. The number of halogens is 2. The van der Waals surface area contributed by atoms with Crippen molar-refractivity contribution >= 4 is 11.6 Å². The molecule has 1 saturated carbocycles. The van der Waals surface area contributed by atoms with Gasteiger partial charge in [0.1, 0.15) is 5.82 Å². The molecule has 0 saturated heterocycles. The third-order valence-electron chi connectivity index (χ3n) is 3.91. The van der Waals surface area contributed by atoms with Crippen LogP contribution in [0, 0.1) is 11.7 Å². The van der Waals surface area contributed by atoms with Gasteiger partial charge in [0, 0.05) is 17.6 Å². The summed E-state index contributed by atoms with van der Waals surface area (Å²) >= 11 is 5.85. The molecule has 100 valence electrons. The molecule has 1 aromatic rings. The fourth-order valence-electron chi connectivity index (χ4n) is 2.79. The summed E-state index contributed by atoms with van der Waals surface area (Å²) in [6.07, 6.45) is 6.71. The van der Waals surface area contributed by atoms with E-state index in [9.17, 15) is 4.39 Å². The molecule has 3 heteroatoms. The van der Waals surface area contributed by atoms with E-state index in [0.717, 1.165) is 11.5 Å². The number of rotatable bonds is 4. The first kappa shape index (κ1) is 13.8. The van der Waals surface area contributed by atoms with Gasteiger partial charge in [0.25, 0.3) is 0 Å². The van der Waals surface area contributed by atoms with Gasteiger partial charge in [-0.3, -0.25) is 0 Å². The van der Waals surface area contributed by atoms with Crippen molar-refractivity contribution in [3.63, 3.8) is 0 Å². The molecule has 2 rings (SSSR count). The van der Waals surface area contributed by atoms with Gasteiger partial charge in [-0.2, -0.15) is 0 Å². The number of nitrogens with one attached hydrogen (secondary N) is 1. The van der Waals surface area contributed by atoms with Crippen LogP contribution in [0.15, 0.2) is 18.2 Å². The first-order chi connectivity index (χ1) is 8.65. The largest absolute Gasteiger partial charge is 0.310 e. The summed E-state index contributed by atoms with van der Waals surface area (Å²) in [4.78, 5) is 0. The van der Waals surface area contributed by atoms with Crippen LogP contribution in [0.2, 0.25) is 5.02 Å². The van der Waals surface area contributed by atoms with Crippen molar-refractivity contribution in [1.29, 1.82) is 0 Å². The molecule has 1 N–H and O–H groups in total. The average Bonchev–Trinajstić information content (AvgIpc) is 2.36. The van der Waals surface area contributed by atoms with Crippen LogP contribution in [0.5, 0.6) is 0 Å². The Morgan fingerprint density at radius 2 is 2.00 bits per heavy atom. The predicted molar refractivity (Wildman–Crippen MR) is 74.3 cm³/mol. The Morgan fingerprint density at radius 3 is 2.67 bits per heavy atom. The number of hydrogen-bond acceptors (Lipinski definition) is 1. The fraction of sp³-hybridized carbons (Fsp3) is 0.600. The molecule has 1 aromatic carbocycles. The Kier molecular flexibility index (Phi) is 5.02. The van der Waals surface area contributed by atoms with Crippen LogP contribution in [0.25, 0.3) is 0 Å². The standard InChI is InChI=1S/C15H21ClFN/c1-11(13-5-3-2-4-6-13)18-10-12-7-14(16)9-15(17)8-12/h7-9,11,13,18H,2-6,10H2,1H3/t11-/m1/s1. The van der Waals surface area contributed by atoms with Crippen LogP contribution in [0.3, 0.4) is 0 Å². The lowest BCUT2D eigenvalue weighted by Gasteiger charge is -2.28. The summed E-state index contributed by atoms with van der Waals surface area (Å²) < 4.78 is 13.2. The Labute approximate surface area is 114 Å². The molecule has 0 radical (unpaired) electrons. The van der Waals surface area contributed by atoms with E-state index in [1.165, 1.54) is 38.2 Å². The third kappa shape index (κ3) is 3.96. The zero-order chi connectivity index (χ0) is 13.0. The van der Waals surface area contributed by atoms with Crippen LogP contribution in [-0.4, -0.2) is 6.04 Å². The van der Waals surface area contributed by atoms with Gasteiger partial charge in [0.15, 0.2) is 0 Å². The van der Waals surface area contributed by atoms with Crippen molar-refractivity contribution in [3.05, 3.63) is 34.6 Å². The molecular formula is C15H21ClFN. The maximum absolute atomic E-state index is 13.2. The zero-order valence-corrected chi connectivity index (χ0v) is 11.6. The smallest absolute Gasteiger partial charge is 0.125 e. The predicted octanol–water partition coefficient (Wildman–Crippen LogP) is 4.54. The van der Waals surface area contributed by atoms with Crippen LogP contribution in [0.4, 0.5) is 4.39 Å². The highest BCUT2D eigenvalue weighted by Gasteiger charge is 2.19. The van der Waals surface area contributed by atoms with Crippen molar-refractivity contribution in [1.82, 2.24) is 5.32 Å². The molecule has 0 unspecified atom stereocenters. The summed E-state index contributed by atoms with van der Waals surface area (Å²) in [7, 11) is 0. The normalized spacial score (nSPS) is 18.8. The van der Waals surface area contributed by atoms with Gasteiger partial charge < -0.3 is 5.32 Å². The van der Waals surface area contributed by atoms with Gasteiger partial charge in [-0.15, -0.1) is 0 Å². The molecule has 0 amide bonds. The maximum atomic E-state index is 13.2. The highest BCUT2D eigenvalue weighted by molar-refractivity contribution is 6.30. The van der Waals surface area contributed by atoms with Crippen LogP contribution in [-0.2, 0) is 6.54 Å². The molecule has 0 heterocycles. The quantitative estimate of drug-likeness (QED) is 0.846. The van der Waals surface area contributed by atoms with Gasteiger partial charge in [-0.1, -0.05) is 30.9 Å². The minimum absolute atomic E-state index is 0.260. The van der Waals surface area contributed by atoms with Crippen LogP contribution in [0.1, 0.15) is 44.6 Å². The van der Waals surface area contributed by atoms with E-state index in [-0.39, 0.29) is 5.82 Å². The molecule has 0 aliphatic heterocycles. The van der Waals surface area contributed by atoms with Crippen LogP contribution < -0.4 is 5.32 Å². The summed E-state index contributed by atoms with van der Waals surface area (Å²) in [5, 5.41) is 3.97. The second kappa shape index (κ2) is 6.53. The van der Waals surface area contributed by atoms with Gasteiger partial charge >= 0.3 is 0 Å². The van der Waals surface area contributed by atoms with E-state index in [1.807, 2.05) is 6.07 Å². The molecular weight excluding hydrogens is 249 g/mol. The van der Waals surface area contributed by atoms with E-state index in [0.29, 0.717) is 17.6 Å². The molecule has 0 aromatic heterocycles. The average molecular weight is 270 g/mol. The highest BCUT2D eigenvalue weighted by atomic mass is 35.5. The SMILES string of the molecule is C[C@@H](NCc1cc(F)cc(Cl)c1)C1CCCCC1. The monoisotopic (exact) mass is 269 g/mol. The lowest BCUT2D eigenvalue weighted by molar-refractivity contribution is 0.280. The first-order valence-electron chi connectivity index (χ1n) is 6.83. The van der Waals surface area contributed by atoms with Crippen LogP contribution >= 0.6 is 11.6 Å². The van der Waals surface area contributed by atoms with Crippen molar-refractivity contribution in [2.45, 2.75) is 51.6 Å². The van der Waals surface area contributed by atoms with Gasteiger partial charge in [0.05, 0.1) is 0 Å². The molecule has 0 bridgehead atoms. The Bertz CT molecular complexity index is 368. The zero-order valence-electron chi connectivity index (χ0n) is 10.9. The van der Waals surface area contributed by atoms with E-state index in [1.54, 1.807) is 6.07 Å². The lowest BCUT2D eigenvalue weighted by atomic mass is 9.84. The summed E-state index contributed by atoms with van der Waals surface area (Å²) in [6, 6.07) is 5.21. The maximum Gasteiger partial charge on any atom is 0.125 e. The topological polar surface area (TPSA) is 12.0 Å². The second-order valence-electron chi connectivity index (χ2n) is 5.35. The number of benzene rings is 1. The van der Waals surface area contributed by atoms with Crippen molar-refractivity contribution < 1.29 is 4.39 Å².